The van der Waals surface area contributed by atoms with Crippen LogP contribution in [0.2, 0.25) is 0 Å². The molecule has 0 radical (unpaired) electrons. The largest absolute Gasteiger partial charge is 0.393 e. The number of hydrogen-bond donors (Lipinski definition) is 1. The number of carbonyl (C=O) groups is 1. The number of ketones is 1. The maximum absolute atomic E-state index is 12.0. The quantitative estimate of drug-likeness (QED) is 0.722. The van der Waals surface area contributed by atoms with Crippen molar-refractivity contribution in [2.45, 2.75) is 58.3 Å². The van der Waals surface area contributed by atoms with Crippen molar-refractivity contribution in [3.8, 4) is 0 Å². The molecule has 5 rings (SSSR count). The van der Waals surface area contributed by atoms with E-state index in [0.29, 0.717) is 31.0 Å². The van der Waals surface area contributed by atoms with Crippen molar-refractivity contribution in [2.24, 2.45) is 34.5 Å². The van der Waals surface area contributed by atoms with E-state index in [1.165, 1.54) is 5.57 Å². The Bertz CT molecular complexity index is 703. The Labute approximate surface area is 155 Å². The molecule has 1 heterocycles. The SMILES string of the molecule is CC1CC2=CC(=O)C=CC2(C)C2C(O)CC3(C)C(CCC34OCCO4)C12. The Morgan fingerprint density at radius 2 is 1.96 bits per heavy atom. The fraction of sp³-hybridized carbons (Fsp3) is 0.773. The minimum Gasteiger partial charge on any atom is -0.393 e. The zero-order valence-electron chi connectivity index (χ0n) is 16.0. The Hall–Kier alpha value is -0.970. The van der Waals surface area contributed by atoms with Gasteiger partial charge in [0.05, 0.1) is 19.3 Å². The molecule has 1 N–H and O–H groups in total. The van der Waals surface area contributed by atoms with Gasteiger partial charge in [-0.3, -0.25) is 4.79 Å². The molecule has 4 aliphatic carbocycles. The van der Waals surface area contributed by atoms with E-state index in [9.17, 15) is 9.90 Å². The van der Waals surface area contributed by atoms with Gasteiger partial charge in [-0.1, -0.05) is 32.4 Å². The summed E-state index contributed by atoms with van der Waals surface area (Å²) < 4.78 is 12.4. The summed E-state index contributed by atoms with van der Waals surface area (Å²) in [6, 6.07) is 0. The van der Waals surface area contributed by atoms with Crippen LogP contribution < -0.4 is 0 Å². The molecule has 0 aromatic rings. The van der Waals surface area contributed by atoms with Gasteiger partial charge < -0.3 is 14.6 Å². The van der Waals surface area contributed by atoms with Gasteiger partial charge in [0, 0.05) is 23.2 Å². The van der Waals surface area contributed by atoms with Crippen LogP contribution in [0.5, 0.6) is 0 Å². The first-order valence-electron chi connectivity index (χ1n) is 10.2. The summed E-state index contributed by atoms with van der Waals surface area (Å²) in [5, 5.41) is 11.4. The van der Waals surface area contributed by atoms with Gasteiger partial charge >= 0.3 is 0 Å². The van der Waals surface area contributed by atoms with Gasteiger partial charge in [0.15, 0.2) is 11.6 Å². The summed E-state index contributed by atoms with van der Waals surface area (Å²) >= 11 is 0. The molecule has 4 fully saturated rings. The summed E-state index contributed by atoms with van der Waals surface area (Å²) in [6.45, 7) is 8.15. The van der Waals surface area contributed by atoms with E-state index in [0.717, 1.165) is 25.7 Å². The number of allylic oxidation sites excluding steroid dienone is 4. The van der Waals surface area contributed by atoms with E-state index < -0.39 is 11.9 Å². The minimum atomic E-state index is -0.501. The summed E-state index contributed by atoms with van der Waals surface area (Å²) in [6.07, 6.45) is 8.91. The standard InChI is InChI=1S/C22H30O4/c1-13-10-14-11-15(23)4-6-20(14,2)19-17(24)12-21(3)16(18(13)19)5-7-22(21)25-8-9-26-22/h4,6,11,13,16-19,24H,5,7-10,12H2,1-3H3. The molecule has 4 nitrogen and oxygen atoms in total. The third-order valence-corrected chi connectivity index (χ3v) is 8.65. The molecule has 26 heavy (non-hydrogen) atoms. The maximum atomic E-state index is 12.0. The van der Waals surface area contributed by atoms with E-state index in [4.69, 9.17) is 9.47 Å². The van der Waals surface area contributed by atoms with Gasteiger partial charge in [-0.15, -0.1) is 0 Å². The second kappa shape index (κ2) is 5.30. The fourth-order valence-electron chi connectivity index (χ4n) is 7.53. The molecular formula is C22H30O4. The maximum Gasteiger partial charge on any atom is 0.178 e. The Kier molecular flexibility index (Phi) is 3.50. The van der Waals surface area contributed by atoms with E-state index in [2.05, 4.69) is 26.8 Å². The van der Waals surface area contributed by atoms with Crippen molar-refractivity contribution in [3.63, 3.8) is 0 Å². The zero-order chi connectivity index (χ0) is 18.3. The predicted molar refractivity (Wildman–Crippen MR) is 97.2 cm³/mol. The highest BCUT2D eigenvalue weighted by molar-refractivity contribution is 6.01. The van der Waals surface area contributed by atoms with Gasteiger partial charge in [0.1, 0.15) is 0 Å². The fourth-order valence-corrected chi connectivity index (χ4v) is 7.53. The molecule has 5 aliphatic rings. The topological polar surface area (TPSA) is 55.8 Å². The van der Waals surface area contributed by atoms with E-state index >= 15 is 0 Å². The van der Waals surface area contributed by atoms with Crippen molar-refractivity contribution in [2.75, 3.05) is 13.2 Å². The number of aliphatic hydroxyl groups is 1. The highest BCUT2D eigenvalue weighted by atomic mass is 16.7. The first-order valence-corrected chi connectivity index (χ1v) is 10.2. The second-order valence-electron chi connectivity index (χ2n) is 9.76. The summed E-state index contributed by atoms with van der Waals surface area (Å²) in [4.78, 5) is 12.0. The Morgan fingerprint density at radius 3 is 2.69 bits per heavy atom. The van der Waals surface area contributed by atoms with Gasteiger partial charge in [-0.2, -0.15) is 0 Å². The van der Waals surface area contributed by atoms with Crippen molar-refractivity contribution in [1.29, 1.82) is 0 Å². The average molecular weight is 358 g/mol. The van der Waals surface area contributed by atoms with E-state index in [1.54, 1.807) is 6.08 Å². The second-order valence-corrected chi connectivity index (χ2v) is 9.76. The van der Waals surface area contributed by atoms with Crippen molar-refractivity contribution >= 4 is 5.78 Å². The minimum absolute atomic E-state index is 0.0887. The number of fused-ring (bicyclic) bond motifs is 6. The van der Waals surface area contributed by atoms with Gasteiger partial charge in [-0.25, -0.2) is 0 Å². The molecule has 4 heteroatoms. The molecule has 142 valence electrons. The van der Waals surface area contributed by atoms with Crippen LogP contribution in [0.3, 0.4) is 0 Å². The van der Waals surface area contributed by atoms with Crippen LogP contribution in [0.4, 0.5) is 0 Å². The normalized spacial score (nSPS) is 51.8. The Morgan fingerprint density at radius 1 is 1.23 bits per heavy atom. The lowest BCUT2D eigenvalue weighted by Gasteiger charge is -2.61. The molecule has 3 saturated carbocycles. The van der Waals surface area contributed by atoms with Crippen LogP contribution in [0.1, 0.15) is 46.5 Å². The number of carbonyl (C=O) groups excluding carboxylic acids is 1. The highest BCUT2D eigenvalue weighted by Crippen LogP contribution is 2.69. The molecule has 7 atom stereocenters. The number of hydrogen-bond acceptors (Lipinski definition) is 4. The van der Waals surface area contributed by atoms with Crippen LogP contribution in [-0.2, 0) is 14.3 Å². The van der Waals surface area contributed by atoms with Crippen LogP contribution in [0, 0.1) is 34.5 Å². The molecule has 0 aromatic carbocycles. The van der Waals surface area contributed by atoms with Gasteiger partial charge in [0.2, 0.25) is 0 Å². The number of rotatable bonds is 0. The van der Waals surface area contributed by atoms with Crippen LogP contribution in [-0.4, -0.2) is 36.0 Å². The number of ether oxygens (including phenoxy) is 2. The highest BCUT2D eigenvalue weighted by Gasteiger charge is 2.69. The molecule has 1 spiro atoms. The Balaban J connectivity index is 1.59. The molecule has 1 aliphatic heterocycles. The third kappa shape index (κ3) is 1.93. The average Bonchev–Trinajstić information content (AvgIpc) is 3.16. The molecule has 0 aromatic heterocycles. The molecule has 0 bridgehead atoms. The first-order chi connectivity index (χ1) is 12.3. The smallest absolute Gasteiger partial charge is 0.178 e. The van der Waals surface area contributed by atoms with Crippen molar-refractivity contribution < 1.29 is 19.4 Å². The lowest BCUT2D eigenvalue weighted by molar-refractivity contribution is -0.258. The van der Waals surface area contributed by atoms with Crippen LogP contribution >= 0.6 is 0 Å². The lowest BCUT2D eigenvalue weighted by Crippen LogP contribution is -2.61. The van der Waals surface area contributed by atoms with Crippen molar-refractivity contribution in [3.05, 3.63) is 23.8 Å². The summed E-state index contributed by atoms with van der Waals surface area (Å²) in [5.41, 5.74) is 0.866. The molecular weight excluding hydrogens is 328 g/mol. The summed E-state index contributed by atoms with van der Waals surface area (Å²) in [5.74, 6) is 1.12. The summed E-state index contributed by atoms with van der Waals surface area (Å²) in [7, 11) is 0. The monoisotopic (exact) mass is 358 g/mol. The van der Waals surface area contributed by atoms with Gasteiger partial charge in [0.25, 0.3) is 0 Å². The molecule has 7 unspecified atom stereocenters. The zero-order valence-corrected chi connectivity index (χ0v) is 16.0. The van der Waals surface area contributed by atoms with Crippen LogP contribution in [0.15, 0.2) is 23.8 Å². The van der Waals surface area contributed by atoms with Crippen LogP contribution in [0.25, 0.3) is 0 Å². The molecule has 0 amide bonds. The molecule has 1 saturated heterocycles. The number of aliphatic hydroxyl groups excluding tert-OH is 1. The predicted octanol–water partition coefficient (Wildman–Crippen LogP) is 3.25. The lowest BCUT2D eigenvalue weighted by atomic mass is 9.45. The van der Waals surface area contributed by atoms with Crippen molar-refractivity contribution in [1.82, 2.24) is 0 Å². The third-order valence-electron chi connectivity index (χ3n) is 8.65. The first kappa shape index (κ1) is 17.2. The van der Waals surface area contributed by atoms with Gasteiger partial charge in [-0.05, 0) is 49.2 Å². The van der Waals surface area contributed by atoms with E-state index in [1.807, 2.05) is 6.08 Å². The van der Waals surface area contributed by atoms with E-state index in [-0.39, 0.29) is 22.5 Å².